The summed E-state index contributed by atoms with van der Waals surface area (Å²) in [6.07, 6.45) is -0.748. The molecule has 0 radical (unpaired) electrons. The van der Waals surface area contributed by atoms with E-state index in [1.54, 1.807) is 4.90 Å². The smallest absolute Gasteiger partial charge is 0.410 e. The second-order valence-electron chi connectivity index (χ2n) is 4.12. The average molecular weight is 243 g/mol. The SMILES string of the molecule is NCC1CN(CC(=O)N2CCOCC2)C(=O)O1. The summed E-state index contributed by atoms with van der Waals surface area (Å²) in [5.41, 5.74) is 5.42. The van der Waals surface area contributed by atoms with E-state index in [-0.39, 0.29) is 25.1 Å². The molecule has 2 rings (SSSR count). The number of hydrogen-bond acceptors (Lipinski definition) is 5. The minimum atomic E-state index is -0.456. The number of amides is 2. The molecule has 2 aliphatic heterocycles. The van der Waals surface area contributed by atoms with Gasteiger partial charge in [0.1, 0.15) is 12.6 Å². The Labute approximate surface area is 99.4 Å². The van der Waals surface area contributed by atoms with Crippen LogP contribution in [0.5, 0.6) is 0 Å². The van der Waals surface area contributed by atoms with Crippen molar-refractivity contribution < 1.29 is 19.1 Å². The molecule has 2 N–H and O–H groups in total. The van der Waals surface area contributed by atoms with Crippen molar-refractivity contribution in [3.8, 4) is 0 Å². The summed E-state index contributed by atoms with van der Waals surface area (Å²) >= 11 is 0. The minimum absolute atomic E-state index is 0.0648. The molecule has 1 unspecified atom stereocenters. The zero-order chi connectivity index (χ0) is 12.3. The average Bonchev–Trinajstić information content (AvgIpc) is 2.71. The molecule has 7 nitrogen and oxygen atoms in total. The lowest BCUT2D eigenvalue weighted by Crippen LogP contribution is -2.46. The van der Waals surface area contributed by atoms with Gasteiger partial charge in [0.05, 0.1) is 19.8 Å². The first-order chi connectivity index (χ1) is 8.20. The predicted molar refractivity (Wildman–Crippen MR) is 58.3 cm³/mol. The number of rotatable bonds is 3. The molecule has 0 aromatic heterocycles. The first kappa shape index (κ1) is 12.1. The highest BCUT2D eigenvalue weighted by atomic mass is 16.6. The maximum absolute atomic E-state index is 11.9. The molecule has 7 heteroatoms. The normalized spacial score (nSPS) is 25.0. The summed E-state index contributed by atoms with van der Waals surface area (Å²) in [4.78, 5) is 26.4. The third-order valence-electron chi connectivity index (χ3n) is 2.90. The summed E-state index contributed by atoms with van der Waals surface area (Å²) < 4.78 is 10.1. The van der Waals surface area contributed by atoms with Crippen molar-refractivity contribution in [2.45, 2.75) is 6.10 Å². The number of cyclic esters (lactones) is 1. The van der Waals surface area contributed by atoms with Crippen LogP contribution >= 0.6 is 0 Å². The molecule has 96 valence electrons. The molecular formula is C10H17N3O4. The Morgan fingerprint density at radius 3 is 2.71 bits per heavy atom. The quantitative estimate of drug-likeness (QED) is 0.660. The van der Waals surface area contributed by atoms with Crippen molar-refractivity contribution in [3.63, 3.8) is 0 Å². The van der Waals surface area contributed by atoms with Crippen LogP contribution in [-0.2, 0) is 14.3 Å². The Balaban J connectivity index is 1.83. The number of carbonyl (C=O) groups is 2. The molecule has 0 bridgehead atoms. The molecule has 2 aliphatic rings. The molecule has 0 saturated carbocycles. The number of nitrogens with zero attached hydrogens (tertiary/aromatic N) is 2. The van der Waals surface area contributed by atoms with E-state index in [0.717, 1.165) is 0 Å². The standard InChI is InChI=1S/C10H17N3O4/c11-5-8-6-13(10(15)17-8)7-9(14)12-1-3-16-4-2-12/h8H,1-7,11H2. The first-order valence-electron chi connectivity index (χ1n) is 5.72. The summed E-state index contributed by atoms with van der Waals surface area (Å²) in [5.74, 6) is -0.0667. The number of carbonyl (C=O) groups excluding carboxylic acids is 2. The van der Waals surface area contributed by atoms with E-state index in [9.17, 15) is 9.59 Å². The van der Waals surface area contributed by atoms with Gasteiger partial charge in [-0.25, -0.2) is 4.79 Å². The molecule has 1 atom stereocenters. The molecule has 0 aromatic carbocycles. The topological polar surface area (TPSA) is 85.1 Å². The third kappa shape index (κ3) is 2.86. The number of hydrogen-bond donors (Lipinski definition) is 1. The van der Waals surface area contributed by atoms with E-state index in [4.69, 9.17) is 15.2 Å². The molecule has 17 heavy (non-hydrogen) atoms. The van der Waals surface area contributed by atoms with Gasteiger partial charge < -0.3 is 20.1 Å². The fourth-order valence-electron chi connectivity index (χ4n) is 1.90. The van der Waals surface area contributed by atoms with Gasteiger partial charge in [0.25, 0.3) is 0 Å². The fraction of sp³-hybridized carbons (Fsp3) is 0.800. The van der Waals surface area contributed by atoms with Crippen LogP contribution < -0.4 is 5.73 Å². The fourth-order valence-corrected chi connectivity index (χ4v) is 1.90. The van der Waals surface area contributed by atoms with Gasteiger partial charge in [-0.15, -0.1) is 0 Å². The lowest BCUT2D eigenvalue weighted by Gasteiger charge is -2.28. The van der Waals surface area contributed by atoms with Gasteiger partial charge in [-0.3, -0.25) is 9.69 Å². The van der Waals surface area contributed by atoms with E-state index in [1.165, 1.54) is 4.90 Å². The maximum atomic E-state index is 11.9. The summed E-state index contributed by atoms with van der Waals surface area (Å²) in [6.45, 7) is 3.03. The van der Waals surface area contributed by atoms with Gasteiger partial charge in [0.2, 0.25) is 5.91 Å². The van der Waals surface area contributed by atoms with Crippen molar-refractivity contribution >= 4 is 12.0 Å². The molecular weight excluding hydrogens is 226 g/mol. The van der Waals surface area contributed by atoms with Gasteiger partial charge in [-0.05, 0) is 0 Å². The lowest BCUT2D eigenvalue weighted by molar-refractivity contribution is -0.135. The van der Waals surface area contributed by atoms with Crippen molar-refractivity contribution in [1.29, 1.82) is 0 Å². The van der Waals surface area contributed by atoms with Crippen molar-refractivity contribution in [2.24, 2.45) is 5.73 Å². The predicted octanol–water partition coefficient (Wildman–Crippen LogP) is -1.38. The van der Waals surface area contributed by atoms with Crippen LogP contribution in [0.15, 0.2) is 0 Å². The minimum Gasteiger partial charge on any atom is -0.443 e. The van der Waals surface area contributed by atoms with Gasteiger partial charge in [-0.2, -0.15) is 0 Å². The van der Waals surface area contributed by atoms with Gasteiger partial charge >= 0.3 is 6.09 Å². The van der Waals surface area contributed by atoms with Crippen molar-refractivity contribution in [3.05, 3.63) is 0 Å². The zero-order valence-corrected chi connectivity index (χ0v) is 9.63. The maximum Gasteiger partial charge on any atom is 0.410 e. The highest BCUT2D eigenvalue weighted by molar-refractivity contribution is 5.83. The van der Waals surface area contributed by atoms with Gasteiger partial charge in [0.15, 0.2) is 0 Å². The van der Waals surface area contributed by atoms with Crippen LogP contribution in [0.4, 0.5) is 4.79 Å². The highest BCUT2D eigenvalue weighted by Crippen LogP contribution is 2.10. The van der Waals surface area contributed by atoms with Crippen molar-refractivity contribution in [1.82, 2.24) is 9.80 Å². The summed E-state index contributed by atoms with van der Waals surface area (Å²) in [5, 5.41) is 0. The summed E-state index contributed by atoms with van der Waals surface area (Å²) in [7, 11) is 0. The number of morpholine rings is 1. The Kier molecular flexibility index (Phi) is 3.80. The highest BCUT2D eigenvalue weighted by Gasteiger charge is 2.32. The second kappa shape index (κ2) is 5.33. The van der Waals surface area contributed by atoms with Crippen LogP contribution in [0.2, 0.25) is 0 Å². The molecule has 2 saturated heterocycles. The number of ether oxygens (including phenoxy) is 2. The Morgan fingerprint density at radius 1 is 1.41 bits per heavy atom. The van der Waals surface area contributed by atoms with Crippen LogP contribution in [-0.4, -0.2) is 73.8 Å². The molecule has 0 aromatic rings. The van der Waals surface area contributed by atoms with E-state index in [2.05, 4.69) is 0 Å². The first-order valence-corrected chi connectivity index (χ1v) is 5.72. The molecule has 0 spiro atoms. The largest absolute Gasteiger partial charge is 0.443 e. The van der Waals surface area contributed by atoms with Crippen LogP contribution in [0.1, 0.15) is 0 Å². The van der Waals surface area contributed by atoms with Gasteiger partial charge in [-0.1, -0.05) is 0 Å². The van der Waals surface area contributed by atoms with E-state index in [0.29, 0.717) is 32.8 Å². The van der Waals surface area contributed by atoms with Gasteiger partial charge in [0, 0.05) is 19.6 Å². The number of nitrogens with two attached hydrogens (primary N) is 1. The van der Waals surface area contributed by atoms with E-state index < -0.39 is 6.09 Å². The Morgan fingerprint density at radius 2 is 2.12 bits per heavy atom. The molecule has 2 fully saturated rings. The van der Waals surface area contributed by atoms with Crippen LogP contribution in [0, 0.1) is 0 Å². The second-order valence-corrected chi connectivity index (χ2v) is 4.12. The van der Waals surface area contributed by atoms with Crippen LogP contribution in [0.3, 0.4) is 0 Å². The summed E-state index contributed by atoms with van der Waals surface area (Å²) in [6, 6.07) is 0. The monoisotopic (exact) mass is 243 g/mol. The van der Waals surface area contributed by atoms with E-state index >= 15 is 0 Å². The Hall–Kier alpha value is -1.34. The lowest BCUT2D eigenvalue weighted by atomic mass is 10.3. The zero-order valence-electron chi connectivity index (χ0n) is 9.63. The molecule has 2 heterocycles. The van der Waals surface area contributed by atoms with E-state index in [1.807, 2.05) is 0 Å². The Bertz CT molecular complexity index is 304. The van der Waals surface area contributed by atoms with Crippen molar-refractivity contribution in [2.75, 3.05) is 45.9 Å². The molecule has 0 aliphatic carbocycles. The van der Waals surface area contributed by atoms with Crippen LogP contribution in [0.25, 0.3) is 0 Å². The molecule has 2 amide bonds. The third-order valence-corrected chi connectivity index (χ3v) is 2.90.